The molecule has 0 saturated heterocycles. The first-order valence-corrected chi connectivity index (χ1v) is 6.00. The molecular weight excluding hydrogens is 236 g/mol. The topological polar surface area (TPSA) is 81.1 Å². The minimum atomic E-state index is -0.933. The van der Waals surface area contributed by atoms with Crippen LogP contribution in [0.4, 0.5) is 4.79 Å². The summed E-state index contributed by atoms with van der Waals surface area (Å²) in [6.45, 7) is 7.18. The number of likely N-dealkylation sites (N-methyl/N-ethyl adjacent to an activating group) is 1. The number of urea groups is 1. The summed E-state index contributed by atoms with van der Waals surface area (Å²) in [5, 5.41) is 17.9. The van der Waals surface area contributed by atoms with Gasteiger partial charge in [0, 0.05) is 19.6 Å². The maximum Gasteiger partial charge on any atom is 0.320 e. The zero-order chi connectivity index (χ0) is 14.5. The second kappa shape index (κ2) is 6.58. The molecule has 0 aliphatic heterocycles. The van der Waals surface area contributed by atoms with E-state index in [0.717, 1.165) is 0 Å². The number of amides is 2. The van der Waals surface area contributed by atoms with E-state index < -0.39 is 11.5 Å². The van der Waals surface area contributed by atoms with Crippen LogP contribution in [0.2, 0.25) is 0 Å². The van der Waals surface area contributed by atoms with Crippen molar-refractivity contribution in [2.75, 3.05) is 20.2 Å². The highest BCUT2D eigenvalue weighted by Gasteiger charge is 2.31. The summed E-state index contributed by atoms with van der Waals surface area (Å²) in [5.74, 6) is -0.933. The van der Waals surface area contributed by atoms with E-state index in [9.17, 15) is 14.7 Å². The minimum absolute atomic E-state index is 0.0860. The average molecular weight is 260 g/mol. The van der Waals surface area contributed by atoms with E-state index in [1.54, 1.807) is 20.9 Å². The number of carbonyl (C=O) groups excluding carboxylic acids is 1. The van der Waals surface area contributed by atoms with Crippen LogP contribution in [-0.4, -0.2) is 63.8 Å². The number of carbonyl (C=O) groups is 2. The lowest BCUT2D eigenvalue weighted by Gasteiger charge is -2.39. The maximum atomic E-state index is 12.3. The molecule has 0 aromatic heterocycles. The molecule has 0 saturated carbocycles. The van der Waals surface area contributed by atoms with Crippen LogP contribution in [0, 0.1) is 0 Å². The number of aliphatic hydroxyl groups is 1. The highest BCUT2D eigenvalue weighted by Crippen LogP contribution is 2.15. The number of hydrogen-bond donors (Lipinski definition) is 2. The Morgan fingerprint density at radius 2 is 1.78 bits per heavy atom. The summed E-state index contributed by atoms with van der Waals surface area (Å²) in [4.78, 5) is 25.8. The summed E-state index contributed by atoms with van der Waals surface area (Å²) >= 11 is 0. The minimum Gasteiger partial charge on any atom is -0.481 e. The Labute approximate surface area is 108 Å². The molecule has 0 aromatic rings. The van der Waals surface area contributed by atoms with E-state index in [1.807, 2.05) is 13.8 Å². The van der Waals surface area contributed by atoms with Crippen molar-refractivity contribution in [2.45, 2.75) is 45.7 Å². The van der Waals surface area contributed by atoms with Crippen molar-refractivity contribution in [1.82, 2.24) is 9.80 Å². The van der Waals surface area contributed by atoms with Crippen LogP contribution in [0.15, 0.2) is 0 Å². The Kier molecular flexibility index (Phi) is 6.11. The van der Waals surface area contributed by atoms with Gasteiger partial charge in [0.25, 0.3) is 0 Å². The van der Waals surface area contributed by atoms with E-state index in [2.05, 4.69) is 0 Å². The van der Waals surface area contributed by atoms with Gasteiger partial charge in [-0.05, 0) is 27.7 Å². The molecule has 0 unspecified atom stereocenters. The fraction of sp³-hybridized carbons (Fsp3) is 0.833. The van der Waals surface area contributed by atoms with Crippen LogP contribution in [0.25, 0.3) is 0 Å². The van der Waals surface area contributed by atoms with E-state index in [1.165, 1.54) is 9.80 Å². The second-order valence-corrected chi connectivity index (χ2v) is 5.24. The van der Waals surface area contributed by atoms with Gasteiger partial charge in [0.2, 0.25) is 0 Å². The van der Waals surface area contributed by atoms with Crippen LogP contribution >= 0.6 is 0 Å². The van der Waals surface area contributed by atoms with Gasteiger partial charge in [-0.15, -0.1) is 0 Å². The van der Waals surface area contributed by atoms with E-state index in [4.69, 9.17) is 5.11 Å². The van der Waals surface area contributed by atoms with Gasteiger partial charge < -0.3 is 20.0 Å². The molecule has 2 amide bonds. The van der Waals surface area contributed by atoms with Crippen LogP contribution in [-0.2, 0) is 4.79 Å². The molecule has 0 fully saturated rings. The van der Waals surface area contributed by atoms with Crippen LogP contribution in [0.1, 0.15) is 34.1 Å². The Bertz CT molecular complexity index is 302. The van der Waals surface area contributed by atoms with Gasteiger partial charge in [0.15, 0.2) is 0 Å². The van der Waals surface area contributed by atoms with Crippen molar-refractivity contribution >= 4 is 12.0 Å². The molecular formula is C12H24N2O4. The molecule has 2 N–H and O–H groups in total. The van der Waals surface area contributed by atoms with Crippen molar-refractivity contribution in [3.8, 4) is 0 Å². The number of carboxylic acid groups (broad SMARTS) is 1. The molecule has 0 bridgehead atoms. The normalized spacial score (nSPS) is 11.5. The number of rotatable bonds is 6. The molecule has 6 heteroatoms. The maximum absolute atomic E-state index is 12.3. The SMILES string of the molecule is CC(C)N(CCC(=O)O)C(=O)N(C)C(C)(C)CO. The quantitative estimate of drug-likeness (QED) is 0.746. The standard InChI is InChI=1S/C12H24N2O4/c1-9(2)14(7-6-10(16)17)11(18)13(5)12(3,4)8-15/h9,15H,6-8H2,1-5H3,(H,16,17). The lowest BCUT2D eigenvalue weighted by atomic mass is 10.1. The second-order valence-electron chi connectivity index (χ2n) is 5.24. The van der Waals surface area contributed by atoms with Gasteiger partial charge in [-0.3, -0.25) is 4.79 Å². The zero-order valence-electron chi connectivity index (χ0n) is 11.8. The molecule has 106 valence electrons. The van der Waals surface area contributed by atoms with Gasteiger partial charge in [0.05, 0.1) is 18.6 Å². The largest absolute Gasteiger partial charge is 0.481 e. The molecule has 0 radical (unpaired) electrons. The summed E-state index contributed by atoms with van der Waals surface area (Å²) < 4.78 is 0. The predicted molar refractivity (Wildman–Crippen MR) is 68.4 cm³/mol. The molecule has 18 heavy (non-hydrogen) atoms. The number of nitrogens with zero attached hydrogens (tertiary/aromatic N) is 2. The lowest BCUT2D eigenvalue weighted by Crippen LogP contribution is -2.54. The van der Waals surface area contributed by atoms with E-state index >= 15 is 0 Å². The Morgan fingerprint density at radius 3 is 2.11 bits per heavy atom. The first-order valence-electron chi connectivity index (χ1n) is 6.00. The third kappa shape index (κ3) is 4.52. The number of carboxylic acids is 1. The average Bonchev–Trinajstić information content (AvgIpc) is 2.27. The number of aliphatic carboxylic acids is 1. The van der Waals surface area contributed by atoms with E-state index in [0.29, 0.717) is 0 Å². The Morgan fingerprint density at radius 1 is 1.28 bits per heavy atom. The lowest BCUT2D eigenvalue weighted by molar-refractivity contribution is -0.137. The van der Waals surface area contributed by atoms with Crippen molar-refractivity contribution in [3.05, 3.63) is 0 Å². The van der Waals surface area contributed by atoms with Gasteiger partial charge in [-0.1, -0.05) is 0 Å². The molecule has 0 rings (SSSR count). The zero-order valence-corrected chi connectivity index (χ0v) is 11.8. The molecule has 0 atom stereocenters. The molecule has 0 spiro atoms. The highest BCUT2D eigenvalue weighted by atomic mass is 16.4. The van der Waals surface area contributed by atoms with Crippen LogP contribution in [0.5, 0.6) is 0 Å². The Balaban J connectivity index is 4.81. The molecule has 0 heterocycles. The molecule has 0 aromatic carbocycles. The van der Waals surface area contributed by atoms with Crippen LogP contribution < -0.4 is 0 Å². The number of aliphatic hydroxyl groups excluding tert-OH is 1. The third-order valence-corrected chi connectivity index (χ3v) is 3.02. The first-order chi connectivity index (χ1) is 8.13. The van der Waals surface area contributed by atoms with Crippen molar-refractivity contribution in [3.63, 3.8) is 0 Å². The fourth-order valence-electron chi connectivity index (χ4n) is 1.35. The molecule has 0 aliphatic carbocycles. The first kappa shape index (κ1) is 16.7. The highest BCUT2D eigenvalue weighted by molar-refractivity contribution is 5.76. The molecule has 6 nitrogen and oxygen atoms in total. The van der Waals surface area contributed by atoms with E-state index in [-0.39, 0.29) is 31.6 Å². The monoisotopic (exact) mass is 260 g/mol. The van der Waals surface area contributed by atoms with Gasteiger partial charge in [-0.2, -0.15) is 0 Å². The smallest absolute Gasteiger partial charge is 0.320 e. The van der Waals surface area contributed by atoms with Crippen molar-refractivity contribution < 1.29 is 19.8 Å². The summed E-state index contributed by atoms with van der Waals surface area (Å²) in [7, 11) is 1.61. The van der Waals surface area contributed by atoms with Gasteiger partial charge in [0.1, 0.15) is 0 Å². The summed E-state index contributed by atoms with van der Waals surface area (Å²) in [6, 6.07) is -0.362. The van der Waals surface area contributed by atoms with Crippen molar-refractivity contribution in [2.24, 2.45) is 0 Å². The molecule has 0 aliphatic rings. The van der Waals surface area contributed by atoms with Crippen molar-refractivity contribution in [1.29, 1.82) is 0 Å². The fourth-order valence-corrected chi connectivity index (χ4v) is 1.35. The number of hydrogen-bond acceptors (Lipinski definition) is 3. The summed E-state index contributed by atoms with van der Waals surface area (Å²) in [6.07, 6.45) is -0.0860. The van der Waals surface area contributed by atoms with Crippen LogP contribution in [0.3, 0.4) is 0 Å². The Hall–Kier alpha value is -1.30. The van der Waals surface area contributed by atoms with Gasteiger partial charge in [-0.25, -0.2) is 4.79 Å². The third-order valence-electron chi connectivity index (χ3n) is 3.02. The predicted octanol–water partition coefficient (Wildman–Crippen LogP) is 0.994. The van der Waals surface area contributed by atoms with Gasteiger partial charge >= 0.3 is 12.0 Å². The summed E-state index contributed by atoms with van der Waals surface area (Å²) in [5.41, 5.74) is -0.673.